The number of carboxylic acids is 1. The van der Waals surface area contributed by atoms with Gasteiger partial charge in [0.05, 0.1) is 0 Å². The molecule has 0 aromatic heterocycles. The van der Waals surface area contributed by atoms with E-state index in [1.807, 2.05) is 30.3 Å². The fourth-order valence-electron chi connectivity index (χ4n) is 1.39. The van der Waals surface area contributed by atoms with Crippen LogP contribution in [0.3, 0.4) is 0 Å². The molecule has 1 atom stereocenters. The predicted octanol–water partition coefficient (Wildman–Crippen LogP) is 2.49. The minimum absolute atomic E-state index is 0.449. The van der Waals surface area contributed by atoms with Crippen molar-refractivity contribution < 1.29 is 19.4 Å². The number of ether oxygens (including phenoxy) is 1. The lowest BCUT2D eigenvalue weighted by molar-refractivity contribution is -0.143. The van der Waals surface area contributed by atoms with Crippen molar-refractivity contribution in [3.8, 4) is 0 Å². The van der Waals surface area contributed by atoms with Gasteiger partial charge in [0, 0.05) is 18.6 Å². The smallest absolute Gasteiger partial charge is 0.331 e. The standard InChI is InChI=1S/C14H14O4/c1-2-6-12(11-7-4-3-5-8-11)18-14(17)10-9-13(15)16/h2-5,7-10,12H,1,6H2,(H,15,16)/b10-9+. The van der Waals surface area contributed by atoms with Crippen LogP contribution in [-0.4, -0.2) is 17.0 Å². The Morgan fingerprint density at radius 1 is 1.28 bits per heavy atom. The number of hydrogen-bond donors (Lipinski definition) is 1. The number of esters is 1. The summed E-state index contributed by atoms with van der Waals surface area (Å²) in [5.74, 6) is -1.87. The molecule has 0 saturated carbocycles. The number of aliphatic carboxylic acids is 1. The van der Waals surface area contributed by atoms with Gasteiger partial charge in [-0.3, -0.25) is 0 Å². The minimum Gasteiger partial charge on any atom is -0.478 e. The molecule has 0 heterocycles. The van der Waals surface area contributed by atoms with Crippen molar-refractivity contribution >= 4 is 11.9 Å². The monoisotopic (exact) mass is 246 g/mol. The van der Waals surface area contributed by atoms with Gasteiger partial charge in [-0.25, -0.2) is 9.59 Å². The topological polar surface area (TPSA) is 63.6 Å². The Balaban J connectivity index is 2.72. The fourth-order valence-corrected chi connectivity index (χ4v) is 1.39. The highest BCUT2D eigenvalue weighted by molar-refractivity contribution is 5.90. The second kappa shape index (κ2) is 7.06. The zero-order chi connectivity index (χ0) is 13.4. The quantitative estimate of drug-likeness (QED) is 0.476. The van der Waals surface area contributed by atoms with Gasteiger partial charge in [-0.05, 0) is 5.56 Å². The van der Waals surface area contributed by atoms with Crippen LogP contribution in [0.2, 0.25) is 0 Å². The summed E-state index contributed by atoms with van der Waals surface area (Å²) in [7, 11) is 0. The van der Waals surface area contributed by atoms with E-state index in [0.717, 1.165) is 17.7 Å². The van der Waals surface area contributed by atoms with E-state index in [-0.39, 0.29) is 0 Å². The minimum atomic E-state index is -1.19. The second-order valence-electron chi connectivity index (χ2n) is 3.53. The number of hydrogen-bond acceptors (Lipinski definition) is 3. The third-order valence-corrected chi connectivity index (χ3v) is 2.17. The van der Waals surface area contributed by atoms with Crippen LogP contribution in [0.5, 0.6) is 0 Å². The Morgan fingerprint density at radius 3 is 2.50 bits per heavy atom. The SMILES string of the molecule is C=CCC(OC(=O)/C=C/C(=O)O)c1ccccc1. The molecule has 0 aliphatic heterocycles. The summed E-state index contributed by atoms with van der Waals surface area (Å²) in [5, 5.41) is 8.41. The van der Waals surface area contributed by atoms with Gasteiger partial charge < -0.3 is 9.84 Å². The fraction of sp³-hybridized carbons (Fsp3) is 0.143. The first-order chi connectivity index (χ1) is 8.63. The number of benzene rings is 1. The van der Waals surface area contributed by atoms with Gasteiger partial charge in [-0.15, -0.1) is 6.58 Å². The summed E-state index contributed by atoms with van der Waals surface area (Å²) < 4.78 is 5.17. The first kappa shape index (κ1) is 13.7. The van der Waals surface area contributed by atoms with Crippen LogP contribution in [-0.2, 0) is 14.3 Å². The van der Waals surface area contributed by atoms with Crippen LogP contribution in [0.25, 0.3) is 0 Å². The van der Waals surface area contributed by atoms with Gasteiger partial charge >= 0.3 is 11.9 Å². The first-order valence-corrected chi connectivity index (χ1v) is 5.41. The van der Waals surface area contributed by atoms with E-state index >= 15 is 0 Å². The highest BCUT2D eigenvalue weighted by Crippen LogP contribution is 2.21. The normalized spacial score (nSPS) is 12.0. The van der Waals surface area contributed by atoms with Crippen LogP contribution < -0.4 is 0 Å². The van der Waals surface area contributed by atoms with E-state index in [1.54, 1.807) is 6.08 Å². The zero-order valence-electron chi connectivity index (χ0n) is 9.78. The highest BCUT2D eigenvalue weighted by Gasteiger charge is 2.13. The van der Waals surface area contributed by atoms with E-state index in [4.69, 9.17) is 9.84 Å². The van der Waals surface area contributed by atoms with Crippen molar-refractivity contribution in [2.24, 2.45) is 0 Å². The maximum absolute atomic E-state index is 11.4. The molecule has 0 aliphatic rings. The highest BCUT2D eigenvalue weighted by atomic mass is 16.5. The molecule has 0 amide bonds. The van der Waals surface area contributed by atoms with Gasteiger partial charge in [0.15, 0.2) is 0 Å². The van der Waals surface area contributed by atoms with Crippen molar-refractivity contribution in [1.29, 1.82) is 0 Å². The van der Waals surface area contributed by atoms with Gasteiger partial charge in [0.1, 0.15) is 6.10 Å². The first-order valence-electron chi connectivity index (χ1n) is 5.41. The van der Waals surface area contributed by atoms with Crippen LogP contribution in [0.15, 0.2) is 55.1 Å². The number of carboxylic acid groups (broad SMARTS) is 1. The van der Waals surface area contributed by atoms with Crippen LogP contribution in [0, 0.1) is 0 Å². The summed E-state index contributed by atoms with van der Waals surface area (Å²) in [4.78, 5) is 21.7. The molecule has 4 nitrogen and oxygen atoms in total. The molecule has 94 valence electrons. The summed E-state index contributed by atoms with van der Waals surface area (Å²) in [6.45, 7) is 3.60. The molecule has 0 radical (unpaired) electrons. The third kappa shape index (κ3) is 4.65. The van der Waals surface area contributed by atoms with Crippen molar-refractivity contribution in [3.63, 3.8) is 0 Å². The Hall–Kier alpha value is -2.36. The molecular weight excluding hydrogens is 232 g/mol. The Morgan fingerprint density at radius 2 is 1.94 bits per heavy atom. The third-order valence-electron chi connectivity index (χ3n) is 2.17. The molecular formula is C14H14O4. The van der Waals surface area contributed by atoms with Crippen molar-refractivity contribution in [2.75, 3.05) is 0 Å². The molecule has 0 saturated heterocycles. The molecule has 1 unspecified atom stereocenters. The summed E-state index contributed by atoms with van der Waals surface area (Å²) >= 11 is 0. The number of carbonyl (C=O) groups excluding carboxylic acids is 1. The van der Waals surface area contributed by atoms with Crippen molar-refractivity contribution in [1.82, 2.24) is 0 Å². The molecule has 0 aliphatic carbocycles. The molecule has 1 N–H and O–H groups in total. The van der Waals surface area contributed by atoms with Gasteiger partial charge in [-0.2, -0.15) is 0 Å². The molecule has 4 heteroatoms. The average Bonchev–Trinajstić information content (AvgIpc) is 2.37. The van der Waals surface area contributed by atoms with Crippen LogP contribution >= 0.6 is 0 Å². The molecule has 1 aromatic carbocycles. The molecule has 0 spiro atoms. The number of carbonyl (C=O) groups is 2. The summed E-state index contributed by atoms with van der Waals surface area (Å²) in [5.41, 5.74) is 0.842. The largest absolute Gasteiger partial charge is 0.478 e. The van der Waals surface area contributed by atoms with Crippen LogP contribution in [0.1, 0.15) is 18.1 Å². The van der Waals surface area contributed by atoms with E-state index in [0.29, 0.717) is 6.42 Å². The predicted molar refractivity (Wildman–Crippen MR) is 66.9 cm³/mol. The lowest BCUT2D eigenvalue weighted by atomic mass is 10.1. The maximum Gasteiger partial charge on any atom is 0.331 e. The summed E-state index contributed by atoms with van der Waals surface area (Å²) in [6.07, 6.45) is 3.30. The molecule has 1 rings (SSSR count). The molecule has 18 heavy (non-hydrogen) atoms. The lowest BCUT2D eigenvalue weighted by Crippen LogP contribution is -2.09. The van der Waals surface area contributed by atoms with Crippen LogP contribution in [0.4, 0.5) is 0 Å². The molecule has 0 fully saturated rings. The van der Waals surface area contributed by atoms with Gasteiger partial charge in [-0.1, -0.05) is 36.4 Å². The maximum atomic E-state index is 11.4. The van der Waals surface area contributed by atoms with Crippen molar-refractivity contribution in [3.05, 3.63) is 60.7 Å². The van der Waals surface area contributed by atoms with E-state index in [1.165, 1.54) is 0 Å². The van der Waals surface area contributed by atoms with E-state index < -0.39 is 18.0 Å². The van der Waals surface area contributed by atoms with Crippen molar-refractivity contribution in [2.45, 2.75) is 12.5 Å². The van der Waals surface area contributed by atoms with E-state index in [9.17, 15) is 9.59 Å². The van der Waals surface area contributed by atoms with E-state index in [2.05, 4.69) is 6.58 Å². The Kier molecular flexibility index (Phi) is 5.38. The Bertz CT molecular complexity index is 448. The lowest BCUT2D eigenvalue weighted by Gasteiger charge is -2.15. The second-order valence-corrected chi connectivity index (χ2v) is 3.53. The van der Waals surface area contributed by atoms with Gasteiger partial charge in [0.2, 0.25) is 0 Å². The summed E-state index contributed by atoms with van der Waals surface area (Å²) in [6, 6.07) is 9.21. The molecule has 0 bridgehead atoms. The average molecular weight is 246 g/mol. The number of rotatable bonds is 6. The Labute approximate surface area is 105 Å². The molecule has 1 aromatic rings. The zero-order valence-corrected chi connectivity index (χ0v) is 9.78. The van der Waals surface area contributed by atoms with Gasteiger partial charge in [0.25, 0.3) is 0 Å².